The van der Waals surface area contributed by atoms with Crippen LogP contribution in [0.4, 0.5) is 17.1 Å². The monoisotopic (exact) mass is 1440 g/mol. The summed E-state index contributed by atoms with van der Waals surface area (Å²) in [6.07, 6.45) is 11.7. The van der Waals surface area contributed by atoms with Crippen molar-refractivity contribution in [2.45, 2.75) is 374 Å². The highest BCUT2D eigenvalue weighted by Crippen LogP contribution is 2.29. The van der Waals surface area contributed by atoms with Crippen LogP contribution in [-0.4, -0.2) is 119 Å². The van der Waals surface area contributed by atoms with Gasteiger partial charge in [0.1, 0.15) is 0 Å². The minimum absolute atomic E-state index is 0.0228. The molecule has 0 saturated heterocycles. The Morgan fingerprint density at radius 3 is 0.971 bits per heavy atom. The summed E-state index contributed by atoms with van der Waals surface area (Å²) >= 11 is 0. The first-order valence-electron chi connectivity index (χ1n) is 41.4. The van der Waals surface area contributed by atoms with Gasteiger partial charge < -0.3 is 34.1 Å². The fourth-order valence-electron chi connectivity index (χ4n) is 10.9. The standard InChI is InChI=1S/C17H27NO.C17H29N.C15H23NO.C12H25NO.2C10H21NO.C9H18O2/c1-12(2)10-11-16(19)18(13(3)4)17-14(5)8-7-9-15(17)6;1-13(2)9-8-12-18(14(3)4)17-15(5)10-7-11-16(17)6;1-12(2)10-11-15(17)16(13(3)4)14-8-6-5-7-9-14;1-9(2)7-8-12(14)13(10(3)4)11(5)6;2*1-8(2)6-7-10(12)11(5)9(3)4;1-7(2)5-6-9(10)11-8(3)4/h7-9,12-13H,10-11H2,1-6H3;7,10-11,13-14H,8-9,12H2,1-6H3;5-9,12-13H,10-11H2,1-4H3;9-11H,7-8H2,1-6H3;2*8-9H,6-7H2,1-5H3;7-8H,5-6H2,1-4H3/i;;;;5D3;;. The molecular formula is C90H164N6O7. The highest BCUT2D eigenvalue weighted by molar-refractivity contribution is 5.95. The number of esters is 1. The number of anilines is 3. The molecule has 3 aromatic carbocycles. The van der Waals surface area contributed by atoms with Crippen molar-refractivity contribution in [2.75, 3.05) is 35.3 Å². The Labute approximate surface area is 641 Å². The second kappa shape index (κ2) is 57.5. The Bertz CT molecular complexity index is 2780. The van der Waals surface area contributed by atoms with Gasteiger partial charge in [0.05, 0.1) is 6.10 Å². The molecule has 0 bridgehead atoms. The highest BCUT2D eigenvalue weighted by atomic mass is 16.5. The van der Waals surface area contributed by atoms with Gasteiger partial charge in [-0.05, 0) is 266 Å². The van der Waals surface area contributed by atoms with Crippen molar-refractivity contribution in [3.8, 4) is 0 Å². The number of aryl methyl sites for hydroxylation is 4. The van der Waals surface area contributed by atoms with E-state index in [0.717, 1.165) is 60.7 Å². The van der Waals surface area contributed by atoms with Crippen molar-refractivity contribution < 1.29 is 37.6 Å². The molecule has 103 heavy (non-hydrogen) atoms. The lowest BCUT2D eigenvalue weighted by atomic mass is 10.0. The fraction of sp³-hybridized carbons (Fsp3) is 0.733. The highest BCUT2D eigenvalue weighted by Gasteiger charge is 2.24. The van der Waals surface area contributed by atoms with Gasteiger partial charge in [0.2, 0.25) is 29.5 Å². The summed E-state index contributed by atoms with van der Waals surface area (Å²) in [6.45, 7) is 69.9. The number of benzene rings is 3. The lowest BCUT2D eigenvalue weighted by Gasteiger charge is -2.32. The molecule has 3 aromatic rings. The van der Waals surface area contributed by atoms with Crippen LogP contribution in [0.5, 0.6) is 0 Å². The van der Waals surface area contributed by atoms with Gasteiger partial charge in [-0.15, -0.1) is 0 Å². The Kier molecular flexibility index (Phi) is 54.3. The van der Waals surface area contributed by atoms with E-state index in [1.165, 1.54) is 47.3 Å². The maximum Gasteiger partial charge on any atom is 0.306 e. The molecule has 0 fully saturated rings. The molecule has 0 unspecified atom stereocenters. The number of carbonyl (C=O) groups excluding carboxylic acids is 6. The number of hydrogen-bond donors (Lipinski definition) is 0. The number of amides is 5. The van der Waals surface area contributed by atoms with E-state index >= 15 is 0 Å². The normalized spacial score (nSPS) is 11.7. The second-order valence-corrected chi connectivity index (χ2v) is 33.4. The maximum absolute atomic E-state index is 12.5. The van der Waals surface area contributed by atoms with Crippen LogP contribution in [0.25, 0.3) is 0 Å². The van der Waals surface area contributed by atoms with E-state index in [4.69, 9.17) is 8.85 Å². The minimum Gasteiger partial charge on any atom is -0.463 e. The van der Waals surface area contributed by atoms with E-state index < -0.39 is 6.98 Å². The van der Waals surface area contributed by atoms with Crippen molar-refractivity contribution in [2.24, 2.45) is 41.4 Å². The van der Waals surface area contributed by atoms with Crippen LogP contribution in [0.2, 0.25) is 0 Å². The zero-order valence-electron chi connectivity index (χ0n) is 76.2. The molecular weight excluding hydrogens is 1280 g/mol. The van der Waals surface area contributed by atoms with Gasteiger partial charge in [0.25, 0.3) is 0 Å². The van der Waals surface area contributed by atoms with Gasteiger partial charge >= 0.3 is 5.97 Å². The van der Waals surface area contributed by atoms with Crippen LogP contribution in [0, 0.1) is 69.1 Å². The van der Waals surface area contributed by atoms with Gasteiger partial charge in [-0.2, -0.15) is 0 Å². The topological polar surface area (TPSA) is 131 Å². The number of hydrogen-bond acceptors (Lipinski definition) is 8. The first-order chi connectivity index (χ1) is 48.8. The third-order valence-electron chi connectivity index (χ3n) is 17.1. The van der Waals surface area contributed by atoms with Crippen LogP contribution < -0.4 is 14.7 Å². The van der Waals surface area contributed by atoms with Crippen LogP contribution in [0.3, 0.4) is 0 Å². The van der Waals surface area contributed by atoms with Crippen molar-refractivity contribution in [1.29, 1.82) is 0 Å². The number of carbonyl (C=O) groups is 6. The summed E-state index contributed by atoms with van der Waals surface area (Å²) < 4.78 is 26.8. The average Bonchev–Trinajstić information content (AvgIpc) is 0.826. The molecule has 0 spiro atoms. The van der Waals surface area contributed by atoms with Crippen molar-refractivity contribution >= 4 is 52.6 Å². The molecule has 0 saturated carbocycles. The van der Waals surface area contributed by atoms with Crippen molar-refractivity contribution in [3.63, 3.8) is 0 Å². The van der Waals surface area contributed by atoms with E-state index in [-0.39, 0.29) is 53.8 Å². The number of nitrogens with zero attached hydrogens (tertiary/aromatic N) is 6. The zero-order valence-corrected chi connectivity index (χ0v) is 73.2. The first kappa shape index (κ1) is 97.3. The molecule has 596 valence electrons. The van der Waals surface area contributed by atoms with E-state index in [0.29, 0.717) is 104 Å². The predicted octanol–water partition coefficient (Wildman–Crippen LogP) is 23.3. The molecule has 0 aliphatic heterocycles. The quantitative estimate of drug-likeness (QED) is 0.0551. The molecule has 0 N–H and O–H groups in total. The molecule has 13 nitrogen and oxygen atoms in total. The molecule has 5 amide bonds. The van der Waals surface area contributed by atoms with Crippen molar-refractivity contribution in [1.82, 2.24) is 14.7 Å². The lowest BCUT2D eigenvalue weighted by molar-refractivity contribution is -0.147. The van der Waals surface area contributed by atoms with Crippen molar-refractivity contribution in [3.05, 3.63) is 89.0 Å². The summed E-state index contributed by atoms with van der Waals surface area (Å²) in [5, 5.41) is 0. The number of ether oxygens (including phenoxy) is 1. The lowest BCUT2D eigenvalue weighted by Crippen LogP contribution is -2.42. The summed E-state index contributed by atoms with van der Waals surface area (Å²) in [5.41, 5.74) is 8.67. The second-order valence-electron chi connectivity index (χ2n) is 33.4. The Morgan fingerprint density at radius 1 is 0.340 bits per heavy atom. The van der Waals surface area contributed by atoms with Gasteiger partial charge in [0, 0.05) is 123 Å². The molecule has 0 heterocycles. The van der Waals surface area contributed by atoms with Crippen LogP contribution in [0.15, 0.2) is 66.7 Å². The van der Waals surface area contributed by atoms with E-state index in [2.05, 4.69) is 215 Å². The number of rotatable bonds is 33. The van der Waals surface area contributed by atoms with Gasteiger partial charge in [-0.25, -0.2) is 0 Å². The predicted molar refractivity (Wildman–Crippen MR) is 449 cm³/mol. The smallest absolute Gasteiger partial charge is 0.306 e. The zero-order chi connectivity index (χ0) is 83.2. The summed E-state index contributed by atoms with van der Waals surface area (Å²) in [7, 11) is 1.87. The number of para-hydroxylation sites is 3. The summed E-state index contributed by atoms with van der Waals surface area (Å²) in [6, 6.07) is 24.3. The Balaban J connectivity index is -0.000000577. The molecule has 0 aliphatic rings. The maximum atomic E-state index is 12.5. The minimum atomic E-state index is -2.32. The van der Waals surface area contributed by atoms with Gasteiger partial charge in [-0.1, -0.05) is 152 Å². The molecule has 0 aliphatic carbocycles. The average molecular weight is 1450 g/mol. The van der Waals surface area contributed by atoms with Gasteiger partial charge in [0.15, 0.2) is 0 Å². The Hall–Kier alpha value is -5.72. The fourth-order valence-corrected chi connectivity index (χ4v) is 10.9. The molecule has 13 heteroatoms. The SMILES string of the molecule is CC(C)CCC(=O)N(C(C)C)C(C)C.CC(C)CCC(=O)N(C)C(C)C.CC(C)CCC(=O)N(c1ccccc1)C(C)C.CC(C)CCC(=O)OC(C)C.Cc1cccc(C)c1N(C(=O)CCC(C)C)C(C)C.Cc1cccc(C)c1N(CCCC(C)C)C(C)C.[2H]C([2H])([2H])N(C(=O)CCC(C)C)C(C)C. The third kappa shape index (κ3) is 50.4. The first-order valence-corrected chi connectivity index (χ1v) is 39.9. The van der Waals surface area contributed by atoms with Crippen LogP contribution >= 0.6 is 0 Å². The van der Waals surface area contributed by atoms with Crippen LogP contribution in [-0.2, 0) is 33.5 Å². The van der Waals surface area contributed by atoms with E-state index in [1.54, 1.807) is 13.8 Å². The van der Waals surface area contributed by atoms with Gasteiger partial charge in [-0.3, -0.25) is 28.8 Å². The largest absolute Gasteiger partial charge is 0.463 e. The third-order valence-corrected chi connectivity index (χ3v) is 17.1. The van der Waals surface area contributed by atoms with E-state index in [9.17, 15) is 28.8 Å². The molecule has 0 atom stereocenters. The van der Waals surface area contributed by atoms with E-state index in [1.807, 2.05) is 105 Å². The summed E-state index contributed by atoms with van der Waals surface area (Å²) in [5.74, 6) is 4.83. The molecule has 0 aromatic heterocycles. The van der Waals surface area contributed by atoms with Crippen LogP contribution in [0.1, 0.15) is 324 Å². The summed E-state index contributed by atoms with van der Waals surface area (Å²) in [4.78, 5) is 81.8. The molecule has 3 rings (SSSR count). The Morgan fingerprint density at radius 2 is 0.660 bits per heavy atom. The molecule has 0 radical (unpaired) electrons.